The van der Waals surface area contributed by atoms with Gasteiger partial charge in [0.25, 0.3) is 0 Å². The van der Waals surface area contributed by atoms with Gasteiger partial charge < -0.3 is 0 Å². The summed E-state index contributed by atoms with van der Waals surface area (Å²) < 4.78 is 0. The SMILES string of the molecule is CCCCCCCCCCc1cccc(C(c2cccc(CCCCCCCCCC)c2CCCCCCCCCC)c2cccc(CCCCCCCCCC)c2CCCCCCCCCC)c1CCCCCCCCCC. The molecule has 452 valence electrons. The van der Waals surface area contributed by atoms with Crippen LogP contribution in [-0.4, -0.2) is 0 Å². The van der Waals surface area contributed by atoms with Crippen LogP contribution in [0.4, 0.5) is 0 Å². The summed E-state index contributed by atoms with van der Waals surface area (Å²) in [6.45, 7) is 14.1. The highest BCUT2D eigenvalue weighted by atomic mass is 14.3. The fourth-order valence-electron chi connectivity index (χ4n) is 13.5. The van der Waals surface area contributed by atoms with Crippen LogP contribution in [0, 0.1) is 0 Å². The molecule has 0 aromatic heterocycles. The normalized spacial score (nSPS) is 11.7. The van der Waals surface area contributed by atoms with Crippen LogP contribution in [0.5, 0.6) is 0 Å². The van der Waals surface area contributed by atoms with E-state index in [4.69, 9.17) is 0 Å². The summed E-state index contributed by atoms with van der Waals surface area (Å²) in [4.78, 5) is 0. The largest absolute Gasteiger partial charge is 0.0654 e. The first-order valence-corrected chi connectivity index (χ1v) is 36.5. The van der Waals surface area contributed by atoms with E-state index in [0.717, 1.165) is 0 Å². The van der Waals surface area contributed by atoms with Crippen molar-refractivity contribution in [3.8, 4) is 0 Å². The van der Waals surface area contributed by atoms with Gasteiger partial charge in [-0.15, -0.1) is 0 Å². The van der Waals surface area contributed by atoms with Crippen molar-refractivity contribution in [3.63, 3.8) is 0 Å². The molecular formula is C79H136. The lowest BCUT2D eigenvalue weighted by atomic mass is 9.74. The van der Waals surface area contributed by atoms with Crippen LogP contribution in [0.3, 0.4) is 0 Å². The summed E-state index contributed by atoms with van der Waals surface area (Å²) >= 11 is 0. The van der Waals surface area contributed by atoms with Gasteiger partial charge in [0.2, 0.25) is 0 Å². The Labute approximate surface area is 496 Å². The van der Waals surface area contributed by atoms with Crippen LogP contribution in [0.1, 0.15) is 406 Å². The van der Waals surface area contributed by atoms with Crippen LogP contribution in [0.15, 0.2) is 54.6 Å². The lowest BCUT2D eigenvalue weighted by Gasteiger charge is -2.30. The molecule has 3 rings (SSSR count). The highest BCUT2D eigenvalue weighted by molar-refractivity contribution is 5.55. The van der Waals surface area contributed by atoms with Crippen LogP contribution in [-0.2, 0) is 38.5 Å². The number of hydrogen-bond acceptors (Lipinski definition) is 0. The van der Waals surface area contributed by atoms with Crippen molar-refractivity contribution in [1.29, 1.82) is 0 Å². The molecule has 3 aromatic carbocycles. The topological polar surface area (TPSA) is 0 Å². The molecule has 0 spiro atoms. The molecule has 0 aliphatic carbocycles. The lowest BCUT2D eigenvalue weighted by Crippen LogP contribution is -2.16. The minimum atomic E-state index is 0.285. The minimum Gasteiger partial charge on any atom is -0.0654 e. The zero-order chi connectivity index (χ0) is 56.3. The van der Waals surface area contributed by atoms with E-state index in [2.05, 4.69) is 96.1 Å². The molecule has 0 radical (unpaired) electrons. The molecule has 0 atom stereocenters. The van der Waals surface area contributed by atoms with Crippen LogP contribution >= 0.6 is 0 Å². The van der Waals surface area contributed by atoms with E-state index >= 15 is 0 Å². The molecule has 0 N–H and O–H groups in total. The Balaban J connectivity index is 2.23. The predicted octanol–water partition coefficient (Wildman–Crippen LogP) is 27.0. The molecule has 0 bridgehead atoms. The van der Waals surface area contributed by atoms with Gasteiger partial charge in [0.15, 0.2) is 0 Å². The molecule has 0 nitrogen and oxygen atoms in total. The maximum absolute atomic E-state index is 2.68. The van der Waals surface area contributed by atoms with Gasteiger partial charge in [-0.05, 0) is 127 Å². The summed E-state index contributed by atoms with van der Waals surface area (Å²) in [6, 6.07) is 23.4. The monoisotopic (exact) mass is 1090 g/mol. The third-order valence-electron chi connectivity index (χ3n) is 18.6. The average Bonchev–Trinajstić information content (AvgIpc) is 3.51. The van der Waals surface area contributed by atoms with Crippen molar-refractivity contribution in [1.82, 2.24) is 0 Å². The molecule has 79 heavy (non-hydrogen) atoms. The molecule has 0 saturated heterocycles. The fourth-order valence-corrected chi connectivity index (χ4v) is 13.5. The van der Waals surface area contributed by atoms with E-state index in [9.17, 15) is 0 Å². The summed E-state index contributed by atoms with van der Waals surface area (Å²) in [6.07, 6.45) is 74.1. The molecular weight excluding hydrogens is 949 g/mol. The third kappa shape index (κ3) is 32.9. The molecule has 3 aromatic rings. The van der Waals surface area contributed by atoms with Gasteiger partial charge in [-0.1, -0.05) is 366 Å². The van der Waals surface area contributed by atoms with Crippen molar-refractivity contribution in [3.05, 3.63) is 105 Å². The molecule has 0 aliphatic heterocycles. The second-order valence-corrected chi connectivity index (χ2v) is 25.7. The highest BCUT2D eigenvalue weighted by Gasteiger charge is 2.28. The van der Waals surface area contributed by atoms with Crippen LogP contribution < -0.4 is 0 Å². The smallest absolute Gasteiger partial charge is 0.0348 e. The van der Waals surface area contributed by atoms with Crippen molar-refractivity contribution < 1.29 is 0 Å². The van der Waals surface area contributed by atoms with Crippen molar-refractivity contribution >= 4 is 0 Å². The summed E-state index contributed by atoms with van der Waals surface area (Å²) in [7, 11) is 0. The van der Waals surface area contributed by atoms with Crippen molar-refractivity contribution in [2.45, 2.75) is 394 Å². The number of aryl methyl sites for hydroxylation is 3. The number of unbranched alkanes of at least 4 members (excludes halogenated alkanes) is 42. The summed E-state index contributed by atoms with van der Waals surface area (Å²) in [5.74, 6) is 0.285. The van der Waals surface area contributed by atoms with Gasteiger partial charge >= 0.3 is 0 Å². The maximum Gasteiger partial charge on any atom is 0.0348 e. The Morgan fingerprint density at radius 2 is 0.354 bits per heavy atom. The average molecular weight is 1090 g/mol. The zero-order valence-electron chi connectivity index (χ0n) is 54.5. The Kier molecular flexibility index (Phi) is 46.1. The first-order chi connectivity index (χ1) is 39.1. The Morgan fingerprint density at radius 3 is 0.544 bits per heavy atom. The van der Waals surface area contributed by atoms with Gasteiger partial charge in [-0.3, -0.25) is 0 Å². The van der Waals surface area contributed by atoms with Gasteiger partial charge in [0, 0.05) is 5.92 Å². The van der Waals surface area contributed by atoms with E-state index < -0.39 is 0 Å². The lowest BCUT2D eigenvalue weighted by molar-refractivity contribution is 0.568. The van der Waals surface area contributed by atoms with Gasteiger partial charge in [0.05, 0.1) is 0 Å². The number of hydrogen-bond donors (Lipinski definition) is 0. The summed E-state index contributed by atoms with van der Waals surface area (Å²) in [5, 5.41) is 0. The van der Waals surface area contributed by atoms with E-state index in [1.807, 2.05) is 0 Å². The molecule has 0 fully saturated rings. The quantitative estimate of drug-likeness (QED) is 0.0390. The minimum absolute atomic E-state index is 0.285. The van der Waals surface area contributed by atoms with E-state index in [1.165, 1.54) is 347 Å². The predicted molar refractivity (Wildman–Crippen MR) is 358 cm³/mol. The second-order valence-electron chi connectivity index (χ2n) is 25.7. The standard InChI is InChI=1S/C79H136/c1-7-13-19-25-31-37-43-49-58-70-61-55-67-76(73(70)64-52-46-40-34-28-22-16-10-4)79(77-68-56-62-71(59-50-44-38-32-26-20-14-8-2)74(77)65-53-47-41-35-29-23-17-11-5)78-69-57-63-72(60-51-45-39-33-27-21-15-9-3)75(78)66-54-48-42-36-30-24-18-12-6/h55-57,61-63,67-69,79H,7-54,58-60,64-66H2,1-6H3. The molecule has 0 aliphatic rings. The maximum atomic E-state index is 2.68. The Hall–Kier alpha value is -2.34. The van der Waals surface area contributed by atoms with E-state index in [-0.39, 0.29) is 5.92 Å². The number of rotatable bonds is 57. The van der Waals surface area contributed by atoms with Crippen molar-refractivity contribution in [2.24, 2.45) is 0 Å². The first kappa shape index (κ1) is 70.9. The molecule has 0 amide bonds. The molecule has 0 unspecified atom stereocenters. The zero-order valence-corrected chi connectivity index (χ0v) is 54.5. The third-order valence-corrected chi connectivity index (χ3v) is 18.6. The van der Waals surface area contributed by atoms with Crippen LogP contribution in [0.2, 0.25) is 0 Å². The number of benzene rings is 3. The molecule has 0 heterocycles. The summed E-state index contributed by atoms with van der Waals surface area (Å²) in [5.41, 5.74) is 15.4. The highest BCUT2D eigenvalue weighted by Crippen LogP contribution is 2.42. The van der Waals surface area contributed by atoms with Gasteiger partial charge in [0.1, 0.15) is 0 Å². The van der Waals surface area contributed by atoms with Crippen LogP contribution in [0.25, 0.3) is 0 Å². The van der Waals surface area contributed by atoms with Gasteiger partial charge in [-0.25, -0.2) is 0 Å². The van der Waals surface area contributed by atoms with Crippen molar-refractivity contribution in [2.75, 3.05) is 0 Å². The fraction of sp³-hybridized carbons (Fsp3) is 0.772. The van der Waals surface area contributed by atoms with E-state index in [0.29, 0.717) is 0 Å². The molecule has 0 heteroatoms. The Bertz CT molecular complexity index is 1590. The second kappa shape index (κ2) is 51.3. The van der Waals surface area contributed by atoms with Gasteiger partial charge in [-0.2, -0.15) is 0 Å². The molecule has 0 saturated carbocycles. The Morgan fingerprint density at radius 1 is 0.190 bits per heavy atom. The van der Waals surface area contributed by atoms with E-state index in [1.54, 1.807) is 50.1 Å². The first-order valence-electron chi connectivity index (χ1n) is 36.5.